The molecule has 1 heterocycles. The SMILES string of the molecule is Cl.Cl.FC(F)(F)c1cc(Cl)ccc1[C@@H](C1CCCC1)N1CCNCC1. The van der Waals surface area contributed by atoms with E-state index < -0.39 is 11.7 Å². The van der Waals surface area contributed by atoms with Crippen molar-refractivity contribution in [3.05, 3.63) is 34.3 Å². The zero-order valence-corrected chi connectivity index (χ0v) is 16.2. The highest BCUT2D eigenvalue weighted by Crippen LogP contribution is 2.44. The monoisotopic (exact) mass is 418 g/mol. The van der Waals surface area contributed by atoms with E-state index in [0.29, 0.717) is 11.5 Å². The van der Waals surface area contributed by atoms with Crippen LogP contribution in [0.15, 0.2) is 18.2 Å². The van der Waals surface area contributed by atoms with E-state index in [-0.39, 0.29) is 35.9 Å². The van der Waals surface area contributed by atoms with Gasteiger partial charge >= 0.3 is 6.18 Å². The molecule has 8 heteroatoms. The lowest BCUT2D eigenvalue weighted by molar-refractivity contribution is -0.139. The normalized spacial score (nSPS) is 20.6. The third kappa shape index (κ3) is 5.39. The molecule has 2 nitrogen and oxygen atoms in total. The molecule has 1 aromatic rings. The molecule has 3 rings (SSSR count). The number of nitrogens with one attached hydrogen (secondary N) is 1. The number of halogens is 6. The Morgan fingerprint density at radius 2 is 1.68 bits per heavy atom. The minimum Gasteiger partial charge on any atom is -0.314 e. The first-order valence-electron chi connectivity index (χ1n) is 8.28. The molecule has 1 saturated carbocycles. The van der Waals surface area contributed by atoms with Gasteiger partial charge in [-0.05, 0) is 36.5 Å². The van der Waals surface area contributed by atoms with Gasteiger partial charge < -0.3 is 5.32 Å². The molecule has 0 unspecified atom stereocenters. The average molecular weight is 420 g/mol. The van der Waals surface area contributed by atoms with Crippen molar-refractivity contribution in [2.24, 2.45) is 5.92 Å². The minimum absolute atomic E-state index is 0. The Kier molecular flexibility index (Phi) is 8.82. The zero-order valence-electron chi connectivity index (χ0n) is 13.8. The number of hydrogen-bond acceptors (Lipinski definition) is 2. The zero-order chi connectivity index (χ0) is 16.4. The standard InChI is InChI=1S/C17H22ClF3N2.2ClH/c18-13-5-6-14(15(11-13)17(19,20)21)16(12-3-1-2-4-12)23-9-7-22-8-10-23;;/h5-6,11-12,16,22H,1-4,7-10H2;2*1H/t16-;;/m1../s1. The highest BCUT2D eigenvalue weighted by molar-refractivity contribution is 6.30. The van der Waals surface area contributed by atoms with Gasteiger partial charge in [0.05, 0.1) is 5.56 Å². The highest BCUT2D eigenvalue weighted by Gasteiger charge is 2.40. The number of piperazine rings is 1. The molecule has 0 spiro atoms. The predicted molar refractivity (Wildman–Crippen MR) is 100 cm³/mol. The van der Waals surface area contributed by atoms with E-state index in [1.165, 1.54) is 0 Å². The van der Waals surface area contributed by atoms with Crippen LogP contribution in [0, 0.1) is 5.92 Å². The van der Waals surface area contributed by atoms with E-state index in [0.717, 1.165) is 57.9 Å². The van der Waals surface area contributed by atoms with E-state index in [1.54, 1.807) is 12.1 Å². The van der Waals surface area contributed by atoms with Crippen molar-refractivity contribution in [2.75, 3.05) is 26.2 Å². The molecule has 1 N–H and O–H groups in total. The van der Waals surface area contributed by atoms with E-state index in [9.17, 15) is 13.2 Å². The summed E-state index contributed by atoms with van der Waals surface area (Å²) in [6, 6.07) is 4.11. The van der Waals surface area contributed by atoms with Crippen LogP contribution in [0.25, 0.3) is 0 Å². The summed E-state index contributed by atoms with van der Waals surface area (Å²) < 4.78 is 40.7. The number of hydrogen-bond donors (Lipinski definition) is 1. The molecule has 1 saturated heterocycles. The summed E-state index contributed by atoms with van der Waals surface area (Å²) in [7, 11) is 0. The van der Waals surface area contributed by atoms with Gasteiger partial charge in [0.2, 0.25) is 0 Å². The Bertz CT molecular complexity index is 542. The van der Waals surface area contributed by atoms with Crippen LogP contribution in [0.4, 0.5) is 13.2 Å². The van der Waals surface area contributed by atoms with Crippen LogP contribution in [0.5, 0.6) is 0 Å². The summed E-state index contributed by atoms with van der Waals surface area (Å²) in [6.45, 7) is 3.25. The Morgan fingerprint density at radius 3 is 2.24 bits per heavy atom. The van der Waals surface area contributed by atoms with Crippen molar-refractivity contribution in [1.29, 1.82) is 0 Å². The van der Waals surface area contributed by atoms with Crippen LogP contribution in [-0.2, 0) is 6.18 Å². The summed E-state index contributed by atoms with van der Waals surface area (Å²) in [6.07, 6.45) is -0.126. The Hall–Kier alpha value is -0.200. The molecule has 25 heavy (non-hydrogen) atoms. The van der Waals surface area contributed by atoms with Gasteiger partial charge in [0, 0.05) is 37.2 Å². The highest BCUT2D eigenvalue weighted by atomic mass is 35.5. The Labute approximate surface area is 164 Å². The van der Waals surface area contributed by atoms with Gasteiger partial charge in [0.15, 0.2) is 0 Å². The molecule has 0 amide bonds. The minimum atomic E-state index is -4.37. The van der Waals surface area contributed by atoms with Crippen LogP contribution < -0.4 is 5.32 Å². The van der Waals surface area contributed by atoms with Crippen LogP contribution in [0.1, 0.15) is 42.9 Å². The van der Waals surface area contributed by atoms with Gasteiger partial charge in [-0.3, -0.25) is 4.90 Å². The van der Waals surface area contributed by atoms with Gasteiger partial charge in [-0.1, -0.05) is 30.5 Å². The van der Waals surface area contributed by atoms with Gasteiger partial charge in [0.1, 0.15) is 0 Å². The molecule has 2 aliphatic rings. The van der Waals surface area contributed by atoms with Crippen molar-refractivity contribution in [3.8, 4) is 0 Å². The molecule has 0 radical (unpaired) electrons. The summed E-state index contributed by atoms with van der Waals surface area (Å²) >= 11 is 5.85. The quantitative estimate of drug-likeness (QED) is 0.711. The fourth-order valence-corrected chi connectivity index (χ4v) is 4.19. The Morgan fingerprint density at radius 1 is 1.08 bits per heavy atom. The first-order chi connectivity index (χ1) is 11.0. The van der Waals surface area contributed by atoms with Crippen molar-refractivity contribution in [1.82, 2.24) is 10.2 Å². The maximum absolute atomic E-state index is 13.6. The third-order valence-electron chi connectivity index (χ3n) is 5.03. The summed E-state index contributed by atoms with van der Waals surface area (Å²) in [5.41, 5.74) is -0.170. The maximum Gasteiger partial charge on any atom is 0.416 e. The molecule has 144 valence electrons. The van der Waals surface area contributed by atoms with Crippen molar-refractivity contribution < 1.29 is 13.2 Å². The number of alkyl halides is 3. The lowest BCUT2D eigenvalue weighted by Crippen LogP contribution is -2.47. The topological polar surface area (TPSA) is 15.3 Å². The summed E-state index contributed by atoms with van der Waals surface area (Å²) in [4.78, 5) is 2.23. The number of rotatable bonds is 3. The lowest BCUT2D eigenvalue weighted by atomic mass is 9.87. The van der Waals surface area contributed by atoms with Crippen molar-refractivity contribution in [3.63, 3.8) is 0 Å². The fourth-order valence-electron chi connectivity index (χ4n) is 4.01. The number of nitrogens with zero attached hydrogens (tertiary/aromatic N) is 1. The summed E-state index contributed by atoms with van der Waals surface area (Å²) in [5, 5.41) is 3.43. The molecule has 2 fully saturated rings. The van der Waals surface area contributed by atoms with Crippen LogP contribution >= 0.6 is 36.4 Å². The first-order valence-corrected chi connectivity index (χ1v) is 8.66. The van der Waals surface area contributed by atoms with Gasteiger partial charge in [-0.25, -0.2) is 0 Å². The Balaban J connectivity index is 0.00000156. The van der Waals surface area contributed by atoms with E-state index in [1.807, 2.05) is 0 Å². The van der Waals surface area contributed by atoms with Crippen molar-refractivity contribution >= 4 is 36.4 Å². The van der Waals surface area contributed by atoms with Crippen LogP contribution in [0.2, 0.25) is 5.02 Å². The van der Waals surface area contributed by atoms with E-state index in [4.69, 9.17) is 11.6 Å². The molecule has 0 bridgehead atoms. The second kappa shape index (κ2) is 9.65. The maximum atomic E-state index is 13.6. The van der Waals surface area contributed by atoms with E-state index >= 15 is 0 Å². The molecule has 0 aromatic heterocycles. The number of benzene rings is 1. The molecular formula is C17H24Cl3F3N2. The van der Waals surface area contributed by atoms with Gasteiger partial charge in [-0.15, -0.1) is 24.8 Å². The smallest absolute Gasteiger partial charge is 0.314 e. The largest absolute Gasteiger partial charge is 0.416 e. The molecule has 1 atom stereocenters. The van der Waals surface area contributed by atoms with Gasteiger partial charge in [0.25, 0.3) is 0 Å². The molecule has 1 aliphatic carbocycles. The van der Waals surface area contributed by atoms with Crippen molar-refractivity contribution in [2.45, 2.75) is 37.9 Å². The second-order valence-electron chi connectivity index (χ2n) is 6.50. The third-order valence-corrected chi connectivity index (χ3v) is 5.27. The van der Waals surface area contributed by atoms with Crippen LogP contribution in [-0.4, -0.2) is 31.1 Å². The van der Waals surface area contributed by atoms with E-state index in [2.05, 4.69) is 10.2 Å². The summed E-state index contributed by atoms with van der Waals surface area (Å²) in [5.74, 6) is 0.301. The lowest BCUT2D eigenvalue weighted by Gasteiger charge is -2.39. The van der Waals surface area contributed by atoms with Gasteiger partial charge in [-0.2, -0.15) is 13.2 Å². The molecular weight excluding hydrogens is 396 g/mol. The second-order valence-corrected chi connectivity index (χ2v) is 6.94. The molecule has 1 aromatic carbocycles. The average Bonchev–Trinajstić information content (AvgIpc) is 3.03. The predicted octanol–water partition coefficient (Wildman–Crippen LogP) is 5.34. The first kappa shape index (κ1) is 22.8. The molecule has 1 aliphatic heterocycles. The van der Waals surface area contributed by atoms with Crippen LogP contribution in [0.3, 0.4) is 0 Å². The fraction of sp³-hybridized carbons (Fsp3) is 0.647.